The van der Waals surface area contributed by atoms with Crippen LogP contribution < -0.4 is 0 Å². The van der Waals surface area contributed by atoms with E-state index in [1.165, 1.54) is 5.56 Å². The summed E-state index contributed by atoms with van der Waals surface area (Å²) < 4.78 is 7.14. The second-order valence-corrected chi connectivity index (χ2v) is 5.45. The van der Waals surface area contributed by atoms with Gasteiger partial charge in [-0.3, -0.25) is 4.79 Å². The molecule has 3 aromatic rings. The number of hydrogen-bond donors (Lipinski definition) is 1. The smallest absolute Gasteiger partial charge is 0.310 e. The summed E-state index contributed by atoms with van der Waals surface area (Å²) in [4.78, 5) is 11.8. The maximum atomic E-state index is 11.8. The van der Waals surface area contributed by atoms with Crippen molar-refractivity contribution in [3.8, 4) is 5.75 Å². The van der Waals surface area contributed by atoms with Gasteiger partial charge in [-0.15, -0.1) is 0 Å². The molecule has 3 rings (SSSR count). The molecule has 1 aromatic heterocycles. The molecule has 1 heterocycles. The largest absolute Gasteiger partial charge is 0.508 e. The molecule has 2 aromatic carbocycles. The van der Waals surface area contributed by atoms with Gasteiger partial charge in [0.05, 0.1) is 13.0 Å². The molecule has 0 aliphatic heterocycles. The zero-order valence-electron chi connectivity index (χ0n) is 13.0. The maximum Gasteiger partial charge on any atom is 0.310 e. The highest BCUT2D eigenvalue weighted by Crippen LogP contribution is 2.27. The maximum absolute atomic E-state index is 11.8. The summed E-state index contributed by atoms with van der Waals surface area (Å²) in [7, 11) is 0. The van der Waals surface area contributed by atoms with Gasteiger partial charge in [-0.1, -0.05) is 30.3 Å². The molecule has 0 unspecified atom stereocenters. The topological polar surface area (TPSA) is 51.5 Å². The van der Waals surface area contributed by atoms with E-state index in [2.05, 4.69) is 16.7 Å². The molecule has 0 radical (unpaired) electrons. The second kappa shape index (κ2) is 6.57. The lowest BCUT2D eigenvalue weighted by Gasteiger charge is -2.05. The van der Waals surface area contributed by atoms with Crippen molar-refractivity contribution in [3.63, 3.8) is 0 Å². The fourth-order valence-electron chi connectivity index (χ4n) is 2.78. The Hall–Kier alpha value is -2.75. The number of rotatable bonds is 5. The highest BCUT2D eigenvalue weighted by molar-refractivity contribution is 5.89. The van der Waals surface area contributed by atoms with Crippen molar-refractivity contribution < 1.29 is 14.6 Å². The van der Waals surface area contributed by atoms with Gasteiger partial charge in [0.25, 0.3) is 0 Å². The minimum Gasteiger partial charge on any atom is -0.508 e. The average molecular weight is 309 g/mol. The molecule has 1 N–H and O–H groups in total. The number of fused-ring (bicyclic) bond motifs is 1. The van der Waals surface area contributed by atoms with E-state index in [1.807, 2.05) is 30.5 Å². The number of nitrogens with zero attached hydrogens (tertiary/aromatic N) is 1. The van der Waals surface area contributed by atoms with Crippen molar-refractivity contribution >= 4 is 16.9 Å². The summed E-state index contributed by atoms with van der Waals surface area (Å²) in [5, 5.41) is 10.6. The van der Waals surface area contributed by atoms with Gasteiger partial charge in [-0.05, 0) is 36.2 Å². The van der Waals surface area contributed by atoms with E-state index in [0.717, 1.165) is 16.5 Å². The molecule has 0 amide bonds. The minimum atomic E-state index is -0.255. The Morgan fingerprint density at radius 3 is 2.70 bits per heavy atom. The summed E-state index contributed by atoms with van der Waals surface area (Å²) in [5.41, 5.74) is 3.04. The first-order chi connectivity index (χ1) is 11.2. The molecular weight excluding hydrogens is 290 g/mol. The highest BCUT2D eigenvalue weighted by Gasteiger charge is 2.13. The van der Waals surface area contributed by atoms with Gasteiger partial charge in [-0.2, -0.15) is 0 Å². The lowest BCUT2D eigenvalue weighted by atomic mass is 10.1. The predicted octanol–water partition coefficient (Wildman–Crippen LogP) is 3.50. The van der Waals surface area contributed by atoms with E-state index in [4.69, 9.17) is 4.74 Å². The number of ether oxygens (including phenoxy) is 1. The van der Waals surface area contributed by atoms with E-state index in [1.54, 1.807) is 19.1 Å². The molecule has 0 aliphatic rings. The van der Waals surface area contributed by atoms with Gasteiger partial charge < -0.3 is 14.4 Å². The van der Waals surface area contributed by atoms with Crippen molar-refractivity contribution in [2.24, 2.45) is 0 Å². The normalized spacial score (nSPS) is 10.8. The Balaban J connectivity index is 1.99. The molecule has 23 heavy (non-hydrogen) atoms. The number of aromatic hydroxyl groups is 1. The number of carbonyl (C=O) groups excluding carboxylic acids is 1. The van der Waals surface area contributed by atoms with Crippen LogP contribution >= 0.6 is 0 Å². The van der Waals surface area contributed by atoms with Crippen LogP contribution in [-0.2, 0) is 22.5 Å². The molecule has 0 saturated heterocycles. The molecule has 0 bridgehead atoms. The Kier molecular flexibility index (Phi) is 4.33. The number of phenols is 1. The molecule has 4 nitrogen and oxygen atoms in total. The van der Waals surface area contributed by atoms with Gasteiger partial charge in [0.2, 0.25) is 0 Å². The number of aromatic nitrogens is 1. The molecule has 0 spiro atoms. The molecule has 0 fully saturated rings. The Labute approximate surface area is 134 Å². The number of hydrogen-bond acceptors (Lipinski definition) is 3. The van der Waals surface area contributed by atoms with E-state index in [9.17, 15) is 9.90 Å². The van der Waals surface area contributed by atoms with Crippen LogP contribution in [0.3, 0.4) is 0 Å². The Morgan fingerprint density at radius 2 is 1.96 bits per heavy atom. The predicted molar refractivity (Wildman–Crippen MR) is 89.5 cm³/mol. The van der Waals surface area contributed by atoms with E-state index in [0.29, 0.717) is 13.2 Å². The first-order valence-electron chi connectivity index (χ1n) is 7.67. The van der Waals surface area contributed by atoms with Gasteiger partial charge in [0.15, 0.2) is 0 Å². The lowest BCUT2D eigenvalue weighted by Crippen LogP contribution is -2.07. The molecule has 0 atom stereocenters. The minimum absolute atomic E-state index is 0.195. The Bertz CT molecular complexity index is 821. The van der Waals surface area contributed by atoms with Crippen molar-refractivity contribution in [1.82, 2.24) is 4.57 Å². The molecule has 4 heteroatoms. The molecule has 118 valence electrons. The molecule has 0 aliphatic carbocycles. The monoisotopic (exact) mass is 309 g/mol. The number of phenolic OH excluding ortho intramolecular Hbond substituents is 1. The fourth-order valence-corrected chi connectivity index (χ4v) is 2.78. The van der Waals surface area contributed by atoms with Crippen molar-refractivity contribution in [1.29, 1.82) is 0 Å². The SMILES string of the molecule is CCOC(=O)Cc1cn(Cc2ccccc2)c2ccc(O)cc12. The summed E-state index contributed by atoms with van der Waals surface area (Å²) in [6.07, 6.45) is 2.17. The molecular formula is C19H19NO3. The first-order valence-corrected chi connectivity index (χ1v) is 7.67. The fraction of sp³-hybridized carbons (Fsp3) is 0.211. The second-order valence-electron chi connectivity index (χ2n) is 5.45. The summed E-state index contributed by atoms with van der Waals surface area (Å²) in [6, 6.07) is 15.4. The van der Waals surface area contributed by atoms with Gasteiger partial charge in [0.1, 0.15) is 5.75 Å². The third kappa shape index (κ3) is 3.37. The Morgan fingerprint density at radius 1 is 1.17 bits per heavy atom. The summed E-state index contributed by atoms with van der Waals surface area (Å²) >= 11 is 0. The third-order valence-corrected chi connectivity index (χ3v) is 3.78. The van der Waals surface area contributed by atoms with Gasteiger partial charge in [-0.25, -0.2) is 0 Å². The zero-order valence-corrected chi connectivity index (χ0v) is 13.0. The van der Waals surface area contributed by atoms with Crippen molar-refractivity contribution in [3.05, 3.63) is 65.9 Å². The molecule has 0 saturated carbocycles. The average Bonchev–Trinajstić information content (AvgIpc) is 2.85. The first kappa shape index (κ1) is 15.2. The van der Waals surface area contributed by atoms with E-state index < -0.39 is 0 Å². The summed E-state index contributed by atoms with van der Waals surface area (Å²) in [5.74, 6) is -0.0605. The number of carbonyl (C=O) groups is 1. The number of esters is 1. The zero-order chi connectivity index (χ0) is 16.2. The van der Waals surface area contributed by atoms with Crippen LogP contribution in [0.4, 0.5) is 0 Å². The van der Waals surface area contributed by atoms with Gasteiger partial charge in [0, 0.05) is 23.6 Å². The third-order valence-electron chi connectivity index (χ3n) is 3.78. The van der Waals surface area contributed by atoms with Crippen LogP contribution in [0.1, 0.15) is 18.1 Å². The van der Waals surface area contributed by atoms with Crippen LogP contribution in [-0.4, -0.2) is 22.2 Å². The summed E-state index contributed by atoms with van der Waals surface area (Å²) in [6.45, 7) is 2.88. The van der Waals surface area contributed by atoms with Crippen LogP contribution in [0.5, 0.6) is 5.75 Å². The standard InChI is InChI=1S/C19H19NO3/c1-2-23-19(22)10-15-13-20(12-14-6-4-3-5-7-14)18-9-8-16(21)11-17(15)18/h3-9,11,13,21H,2,10,12H2,1H3. The van der Waals surface area contributed by atoms with E-state index >= 15 is 0 Å². The van der Waals surface area contributed by atoms with E-state index in [-0.39, 0.29) is 18.1 Å². The van der Waals surface area contributed by atoms with Crippen molar-refractivity contribution in [2.45, 2.75) is 19.9 Å². The van der Waals surface area contributed by atoms with Crippen LogP contribution in [0, 0.1) is 0 Å². The highest BCUT2D eigenvalue weighted by atomic mass is 16.5. The van der Waals surface area contributed by atoms with Crippen molar-refractivity contribution in [2.75, 3.05) is 6.61 Å². The van der Waals surface area contributed by atoms with Crippen LogP contribution in [0.15, 0.2) is 54.7 Å². The lowest BCUT2D eigenvalue weighted by molar-refractivity contribution is -0.142. The van der Waals surface area contributed by atoms with Crippen LogP contribution in [0.25, 0.3) is 10.9 Å². The van der Waals surface area contributed by atoms with Gasteiger partial charge >= 0.3 is 5.97 Å². The quantitative estimate of drug-likeness (QED) is 0.734. The number of benzene rings is 2. The van der Waals surface area contributed by atoms with Crippen LogP contribution in [0.2, 0.25) is 0 Å².